The normalized spacial score (nSPS) is 10.9. The molecule has 150 valence electrons. The molecule has 0 aliphatic rings. The molecule has 4 rings (SSSR count). The number of aromatic nitrogens is 2. The highest BCUT2D eigenvalue weighted by molar-refractivity contribution is 6.13. The molecule has 2 aromatic carbocycles. The number of halogens is 2. The van der Waals surface area contributed by atoms with Gasteiger partial charge in [0.05, 0.1) is 27.9 Å². The van der Waals surface area contributed by atoms with Crippen LogP contribution < -0.4 is 5.32 Å². The maximum atomic E-state index is 13.9. The Morgan fingerprint density at radius 2 is 1.77 bits per heavy atom. The van der Waals surface area contributed by atoms with Gasteiger partial charge in [-0.15, -0.1) is 0 Å². The fraction of sp³-hybridized carbons (Fsp3) is 0.0476. The van der Waals surface area contributed by atoms with Gasteiger partial charge >= 0.3 is 5.97 Å². The maximum Gasteiger partial charge on any atom is 0.338 e. The molecule has 7 nitrogen and oxygen atoms in total. The highest BCUT2D eigenvalue weighted by Gasteiger charge is 2.20. The molecule has 0 fully saturated rings. The minimum atomic E-state index is -1.41. The van der Waals surface area contributed by atoms with E-state index in [0.29, 0.717) is 22.3 Å². The standard InChI is InChI=1S/C21H13F2N3O4/c1-10-18-15(19(27)24-13-6-7-14(21(28)29)16(23)8-13)9-17(25-20(18)30-26-10)11-2-4-12(22)5-3-11/h2-9H,1H3,(H,24,27)(H,28,29). The molecule has 0 atom stereocenters. The van der Waals surface area contributed by atoms with E-state index in [1.165, 1.54) is 36.4 Å². The van der Waals surface area contributed by atoms with Gasteiger partial charge in [-0.25, -0.2) is 18.6 Å². The van der Waals surface area contributed by atoms with E-state index < -0.39 is 29.1 Å². The third-order valence-electron chi connectivity index (χ3n) is 4.46. The Bertz CT molecular complexity index is 1300. The van der Waals surface area contributed by atoms with Crippen LogP contribution in [0.1, 0.15) is 26.4 Å². The van der Waals surface area contributed by atoms with Crippen molar-refractivity contribution in [3.8, 4) is 11.3 Å². The molecule has 0 spiro atoms. The van der Waals surface area contributed by atoms with Gasteiger partial charge in [0.25, 0.3) is 11.6 Å². The number of carboxylic acids is 1. The second-order valence-corrected chi connectivity index (χ2v) is 6.46. The van der Waals surface area contributed by atoms with Crippen molar-refractivity contribution >= 4 is 28.7 Å². The summed E-state index contributed by atoms with van der Waals surface area (Å²) < 4.78 is 32.4. The zero-order chi connectivity index (χ0) is 21.4. The number of carbonyl (C=O) groups is 2. The first kappa shape index (κ1) is 19.2. The number of benzene rings is 2. The Hall–Kier alpha value is -4.14. The fourth-order valence-electron chi connectivity index (χ4n) is 3.01. The monoisotopic (exact) mass is 409 g/mol. The summed E-state index contributed by atoms with van der Waals surface area (Å²) in [6.45, 7) is 1.64. The van der Waals surface area contributed by atoms with Crippen LogP contribution in [-0.2, 0) is 0 Å². The molecule has 0 saturated carbocycles. The molecule has 0 aliphatic heterocycles. The number of aromatic carboxylic acids is 1. The molecule has 30 heavy (non-hydrogen) atoms. The summed E-state index contributed by atoms with van der Waals surface area (Å²) in [5.74, 6) is -3.40. The van der Waals surface area contributed by atoms with Gasteiger partial charge in [-0.2, -0.15) is 0 Å². The molecule has 2 aromatic heterocycles. The number of rotatable bonds is 4. The van der Waals surface area contributed by atoms with Gasteiger partial charge in [-0.05, 0) is 55.5 Å². The van der Waals surface area contributed by atoms with E-state index in [-0.39, 0.29) is 17.0 Å². The lowest BCUT2D eigenvalue weighted by molar-refractivity contribution is 0.0691. The van der Waals surface area contributed by atoms with Crippen LogP contribution in [0.5, 0.6) is 0 Å². The minimum absolute atomic E-state index is 0.0740. The molecule has 0 radical (unpaired) electrons. The van der Waals surface area contributed by atoms with Gasteiger partial charge in [0.1, 0.15) is 11.6 Å². The van der Waals surface area contributed by atoms with E-state index in [4.69, 9.17) is 9.63 Å². The van der Waals surface area contributed by atoms with Crippen molar-refractivity contribution in [3.63, 3.8) is 0 Å². The van der Waals surface area contributed by atoms with Gasteiger partial charge in [-0.3, -0.25) is 4.79 Å². The van der Waals surface area contributed by atoms with Crippen LogP contribution in [-0.4, -0.2) is 27.1 Å². The predicted molar refractivity (Wildman–Crippen MR) is 103 cm³/mol. The smallest absolute Gasteiger partial charge is 0.338 e. The summed E-state index contributed by atoms with van der Waals surface area (Å²) in [5, 5.41) is 15.7. The number of nitrogens with zero attached hydrogens (tertiary/aromatic N) is 2. The summed E-state index contributed by atoms with van der Waals surface area (Å²) in [4.78, 5) is 28.2. The molecule has 4 aromatic rings. The zero-order valence-electron chi connectivity index (χ0n) is 15.4. The topological polar surface area (TPSA) is 105 Å². The lowest BCUT2D eigenvalue weighted by Crippen LogP contribution is -2.14. The van der Waals surface area contributed by atoms with Crippen molar-refractivity contribution in [1.29, 1.82) is 0 Å². The molecular formula is C21H13F2N3O4. The number of nitrogens with one attached hydrogen (secondary N) is 1. The van der Waals surface area contributed by atoms with Crippen LogP contribution in [0.3, 0.4) is 0 Å². The molecule has 2 N–H and O–H groups in total. The van der Waals surface area contributed by atoms with E-state index in [0.717, 1.165) is 12.1 Å². The van der Waals surface area contributed by atoms with E-state index in [1.807, 2.05) is 0 Å². The van der Waals surface area contributed by atoms with Crippen LogP contribution >= 0.6 is 0 Å². The number of aryl methyl sites for hydroxylation is 1. The highest BCUT2D eigenvalue weighted by atomic mass is 19.1. The van der Waals surface area contributed by atoms with E-state index >= 15 is 0 Å². The summed E-state index contributed by atoms with van der Waals surface area (Å²) in [7, 11) is 0. The van der Waals surface area contributed by atoms with Crippen LogP contribution in [0.25, 0.3) is 22.4 Å². The average Bonchev–Trinajstić information content (AvgIpc) is 3.08. The number of hydrogen-bond donors (Lipinski definition) is 2. The average molecular weight is 409 g/mol. The summed E-state index contributed by atoms with van der Waals surface area (Å²) >= 11 is 0. The van der Waals surface area contributed by atoms with Crippen molar-refractivity contribution in [1.82, 2.24) is 10.1 Å². The number of carboxylic acid groups (broad SMARTS) is 1. The Balaban J connectivity index is 1.76. The SMILES string of the molecule is Cc1noc2nc(-c3ccc(F)cc3)cc(C(=O)Nc3ccc(C(=O)O)c(F)c3)c12. The number of amides is 1. The first-order valence-electron chi connectivity index (χ1n) is 8.70. The van der Waals surface area contributed by atoms with Gasteiger partial charge < -0.3 is 14.9 Å². The van der Waals surface area contributed by atoms with Crippen LogP contribution in [0, 0.1) is 18.6 Å². The molecule has 1 amide bonds. The lowest BCUT2D eigenvalue weighted by atomic mass is 10.0. The third-order valence-corrected chi connectivity index (χ3v) is 4.46. The third kappa shape index (κ3) is 3.48. The highest BCUT2D eigenvalue weighted by Crippen LogP contribution is 2.28. The summed E-state index contributed by atoms with van der Waals surface area (Å²) in [6, 6.07) is 10.3. The van der Waals surface area contributed by atoms with Crippen molar-refractivity contribution in [3.05, 3.63) is 77.0 Å². The maximum absolute atomic E-state index is 13.9. The molecule has 0 bridgehead atoms. The largest absolute Gasteiger partial charge is 0.478 e. The predicted octanol–water partition coefficient (Wildman–Crippen LogP) is 4.43. The van der Waals surface area contributed by atoms with E-state index in [2.05, 4.69) is 15.5 Å². The Morgan fingerprint density at radius 3 is 2.43 bits per heavy atom. The number of anilines is 1. The quantitative estimate of drug-likeness (QED) is 0.517. The molecule has 0 aliphatic carbocycles. The second kappa shape index (κ2) is 7.36. The van der Waals surface area contributed by atoms with E-state index in [1.54, 1.807) is 6.92 Å². The van der Waals surface area contributed by atoms with Crippen LogP contribution in [0.4, 0.5) is 14.5 Å². The summed E-state index contributed by atoms with van der Waals surface area (Å²) in [5.41, 5.74) is 1.19. The van der Waals surface area contributed by atoms with Crippen LogP contribution in [0.15, 0.2) is 53.1 Å². The number of hydrogen-bond acceptors (Lipinski definition) is 5. The van der Waals surface area contributed by atoms with Crippen LogP contribution in [0.2, 0.25) is 0 Å². The summed E-state index contributed by atoms with van der Waals surface area (Å²) in [6.07, 6.45) is 0. The minimum Gasteiger partial charge on any atom is -0.478 e. The Labute approximate surface area is 168 Å². The zero-order valence-corrected chi connectivity index (χ0v) is 15.4. The molecule has 0 saturated heterocycles. The van der Waals surface area contributed by atoms with E-state index in [9.17, 15) is 18.4 Å². The first-order valence-corrected chi connectivity index (χ1v) is 8.70. The van der Waals surface area contributed by atoms with Gasteiger partial charge in [0, 0.05) is 11.3 Å². The van der Waals surface area contributed by atoms with Crippen molar-refractivity contribution in [2.75, 3.05) is 5.32 Å². The Kier molecular flexibility index (Phi) is 4.71. The van der Waals surface area contributed by atoms with Crippen molar-refractivity contribution in [2.24, 2.45) is 0 Å². The molecule has 9 heteroatoms. The van der Waals surface area contributed by atoms with Crippen molar-refractivity contribution < 1.29 is 28.0 Å². The number of pyridine rings is 1. The molecule has 2 heterocycles. The lowest BCUT2D eigenvalue weighted by Gasteiger charge is -2.09. The molecular weight excluding hydrogens is 396 g/mol. The first-order chi connectivity index (χ1) is 14.3. The van der Waals surface area contributed by atoms with Crippen molar-refractivity contribution in [2.45, 2.75) is 6.92 Å². The second-order valence-electron chi connectivity index (χ2n) is 6.46. The fourth-order valence-corrected chi connectivity index (χ4v) is 3.01. The van der Waals surface area contributed by atoms with Gasteiger partial charge in [0.2, 0.25) is 0 Å². The van der Waals surface area contributed by atoms with Gasteiger partial charge in [-0.1, -0.05) is 5.16 Å². The van der Waals surface area contributed by atoms with Gasteiger partial charge in [0.15, 0.2) is 0 Å². The number of fused-ring (bicyclic) bond motifs is 1. The Morgan fingerprint density at radius 1 is 1.03 bits per heavy atom. The molecule has 0 unspecified atom stereocenters. The number of carbonyl (C=O) groups excluding carboxylic acids is 1.